The number of thiazole rings is 1. The summed E-state index contributed by atoms with van der Waals surface area (Å²) in [5, 5.41) is 9.13. The molecular formula is C11H14N2O3S2. The fraction of sp³-hybridized carbons (Fsp3) is 0.545. The summed E-state index contributed by atoms with van der Waals surface area (Å²) in [5.41, 5.74) is 1.58. The van der Waals surface area contributed by atoms with Gasteiger partial charge in [-0.15, -0.1) is 23.1 Å². The first-order valence-corrected chi connectivity index (χ1v) is 7.50. The first-order chi connectivity index (χ1) is 8.52. The van der Waals surface area contributed by atoms with Crippen LogP contribution in [0.25, 0.3) is 0 Å². The summed E-state index contributed by atoms with van der Waals surface area (Å²) in [5.74, 6) is -0.503. The smallest absolute Gasteiger partial charge is 0.327 e. The van der Waals surface area contributed by atoms with E-state index in [1.165, 1.54) is 34.2 Å². The van der Waals surface area contributed by atoms with Crippen LogP contribution in [0.15, 0.2) is 11.7 Å². The van der Waals surface area contributed by atoms with Gasteiger partial charge in [0.15, 0.2) is 0 Å². The minimum atomic E-state index is -0.941. The van der Waals surface area contributed by atoms with Crippen molar-refractivity contribution in [1.82, 2.24) is 9.88 Å². The molecule has 1 aromatic heterocycles. The second kappa shape index (κ2) is 5.27. The molecule has 2 heterocycles. The second-order valence-electron chi connectivity index (χ2n) is 4.40. The molecule has 2 rings (SSSR count). The van der Waals surface area contributed by atoms with E-state index in [0.29, 0.717) is 10.6 Å². The maximum atomic E-state index is 12.4. The second-order valence-corrected chi connectivity index (χ2v) is 6.44. The van der Waals surface area contributed by atoms with Gasteiger partial charge in [0.05, 0.1) is 17.1 Å². The van der Waals surface area contributed by atoms with Crippen molar-refractivity contribution < 1.29 is 14.7 Å². The van der Waals surface area contributed by atoms with Crippen LogP contribution in [0.3, 0.4) is 0 Å². The van der Waals surface area contributed by atoms with E-state index in [9.17, 15) is 14.7 Å². The highest BCUT2D eigenvalue weighted by molar-refractivity contribution is 8.00. The van der Waals surface area contributed by atoms with Gasteiger partial charge in [0.2, 0.25) is 0 Å². The molecule has 5 nitrogen and oxygen atoms in total. The van der Waals surface area contributed by atoms with Crippen LogP contribution in [-0.2, 0) is 4.79 Å². The van der Waals surface area contributed by atoms with Crippen molar-refractivity contribution in [3.8, 4) is 0 Å². The molecule has 2 atom stereocenters. The Labute approximate surface area is 113 Å². The van der Waals surface area contributed by atoms with Crippen molar-refractivity contribution in [1.29, 1.82) is 0 Å². The van der Waals surface area contributed by atoms with Crippen molar-refractivity contribution >= 4 is 35.0 Å². The normalized spacial score (nSPS) is 23.6. The zero-order chi connectivity index (χ0) is 13.3. The number of hydrogen-bond donors (Lipinski definition) is 1. The van der Waals surface area contributed by atoms with Crippen LogP contribution >= 0.6 is 23.1 Å². The number of thioether (sulfide) groups is 1. The van der Waals surface area contributed by atoms with Crippen molar-refractivity contribution in [3.05, 3.63) is 16.6 Å². The summed E-state index contributed by atoms with van der Waals surface area (Å²) in [4.78, 5) is 29.4. The van der Waals surface area contributed by atoms with Crippen LogP contribution in [-0.4, -0.2) is 44.0 Å². The molecule has 1 saturated heterocycles. The molecular weight excluding hydrogens is 272 g/mol. The van der Waals surface area contributed by atoms with Gasteiger partial charge < -0.3 is 10.0 Å². The topological polar surface area (TPSA) is 70.5 Å². The molecule has 98 valence electrons. The molecule has 0 spiro atoms. The van der Waals surface area contributed by atoms with Gasteiger partial charge in [0.25, 0.3) is 5.91 Å². The monoisotopic (exact) mass is 286 g/mol. The maximum Gasteiger partial charge on any atom is 0.327 e. The Hall–Kier alpha value is -1.08. The summed E-state index contributed by atoms with van der Waals surface area (Å²) in [6, 6.07) is -0.739. The Morgan fingerprint density at radius 1 is 1.56 bits per heavy atom. The number of hydrogen-bond acceptors (Lipinski definition) is 5. The van der Waals surface area contributed by atoms with Crippen molar-refractivity contribution in [3.63, 3.8) is 0 Å². The number of nitrogens with zero attached hydrogens (tertiary/aromatic N) is 2. The van der Waals surface area contributed by atoms with E-state index in [-0.39, 0.29) is 17.2 Å². The molecule has 0 bridgehead atoms. The number of aliphatic carboxylic acids is 1. The summed E-state index contributed by atoms with van der Waals surface area (Å²) >= 11 is 2.77. The third-order valence-electron chi connectivity index (χ3n) is 2.77. The predicted molar refractivity (Wildman–Crippen MR) is 70.8 cm³/mol. The minimum absolute atomic E-state index is 0.0827. The number of rotatable bonds is 3. The molecule has 1 aromatic rings. The van der Waals surface area contributed by atoms with Crippen LogP contribution in [0.4, 0.5) is 0 Å². The Morgan fingerprint density at radius 3 is 2.78 bits per heavy atom. The Balaban J connectivity index is 2.29. The lowest BCUT2D eigenvalue weighted by Gasteiger charge is -2.29. The molecule has 1 amide bonds. The molecule has 0 radical (unpaired) electrons. The van der Waals surface area contributed by atoms with Gasteiger partial charge in [-0.3, -0.25) is 9.78 Å². The number of carbonyl (C=O) groups is 2. The summed E-state index contributed by atoms with van der Waals surface area (Å²) in [6.07, 6.45) is 1.49. The van der Waals surface area contributed by atoms with Crippen LogP contribution < -0.4 is 0 Å². The summed E-state index contributed by atoms with van der Waals surface area (Å²) in [7, 11) is 0. The zero-order valence-electron chi connectivity index (χ0n) is 10.1. The quantitative estimate of drug-likeness (QED) is 0.917. The third kappa shape index (κ3) is 2.37. The van der Waals surface area contributed by atoms with E-state index in [1.807, 2.05) is 13.8 Å². The summed E-state index contributed by atoms with van der Waals surface area (Å²) in [6.45, 7) is 3.99. The van der Waals surface area contributed by atoms with Crippen molar-refractivity contribution in [2.24, 2.45) is 5.92 Å². The highest BCUT2D eigenvalue weighted by atomic mass is 32.2. The molecule has 18 heavy (non-hydrogen) atoms. The van der Waals surface area contributed by atoms with Gasteiger partial charge in [-0.05, 0) is 5.92 Å². The Morgan fingerprint density at radius 2 is 2.28 bits per heavy atom. The predicted octanol–water partition coefficient (Wildman–Crippen LogP) is 1.77. The van der Waals surface area contributed by atoms with E-state index in [2.05, 4.69) is 4.98 Å². The minimum Gasteiger partial charge on any atom is -0.480 e. The molecule has 1 aliphatic rings. The first-order valence-electron chi connectivity index (χ1n) is 5.58. The van der Waals surface area contributed by atoms with E-state index in [0.717, 1.165) is 0 Å². The number of amides is 1. The van der Waals surface area contributed by atoms with E-state index in [4.69, 9.17) is 0 Å². The van der Waals surface area contributed by atoms with E-state index in [1.54, 1.807) is 5.51 Å². The largest absolute Gasteiger partial charge is 0.480 e. The van der Waals surface area contributed by atoms with Gasteiger partial charge in [-0.1, -0.05) is 13.8 Å². The van der Waals surface area contributed by atoms with Gasteiger partial charge >= 0.3 is 5.97 Å². The van der Waals surface area contributed by atoms with Crippen LogP contribution in [0.5, 0.6) is 0 Å². The van der Waals surface area contributed by atoms with E-state index < -0.39 is 12.0 Å². The molecule has 0 saturated carbocycles. The standard InChI is InChI=1S/C11H14N2O3S2/c1-6(2)10-13(7(4-17-10)11(15)16)9(14)8-3-12-5-18-8/h3,5-7,10H,4H2,1-2H3,(H,15,16). The van der Waals surface area contributed by atoms with Crippen LogP contribution in [0.2, 0.25) is 0 Å². The molecule has 0 aliphatic carbocycles. The molecule has 7 heteroatoms. The molecule has 0 aromatic carbocycles. The third-order valence-corrected chi connectivity index (χ3v) is 5.15. The highest BCUT2D eigenvalue weighted by Gasteiger charge is 2.43. The van der Waals surface area contributed by atoms with Crippen LogP contribution in [0.1, 0.15) is 23.5 Å². The fourth-order valence-electron chi connectivity index (χ4n) is 1.94. The molecule has 1 fully saturated rings. The Kier molecular flexibility index (Phi) is 3.91. The highest BCUT2D eigenvalue weighted by Crippen LogP contribution is 2.35. The number of aromatic nitrogens is 1. The summed E-state index contributed by atoms with van der Waals surface area (Å²) < 4.78 is 0. The first kappa shape index (κ1) is 13.4. The van der Waals surface area contributed by atoms with Crippen molar-refractivity contribution in [2.45, 2.75) is 25.3 Å². The average Bonchev–Trinajstić information content (AvgIpc) is 2.97. The number of carboxylic acids is 1. The van der Waals surface area contributed by atoms with Gasteiger partial charge in [0, 0.05) is 5.75 Å². The zero-order valence-corrected chi connectivity index (χ0v) is 11.7. The van der Waals surface area contributed by atoms with E-state index >= 15 is 0 Å². The lowest BCUT2D eigenvalue weighted by molar-refractivity contribution is -0.141. The van der Waals surface area contributed by atoms with Crippen LogP contribution in [0, 0.1) is 5.92 Å². The van der Waals surface area contributed by atoms with Gasteiger partial charge in [-0.2, -0.15) is 0 Å². The average molecular weight is 286 g/mol. The number of carboxylic acid groups (broad SMARTS) is 1. The number of carbonyl (C=O) groups excluding carboxylic acids is 1. The van der Waals surface area contributed by atoms with Gasteiger partial charge in [-0.25, -0.2) is 4.79 Å². The SMILES string of the molecule is CC(C)C1SCC(C(=O)O)N1C(=O)c1cncs1. The maximum absolute atomic E-state index is 12.4. The Bertz CT molecular complexity index is 447. The molecule has 2 unspecified atom stereocenters. The van der Waals surface area contributed by atoms with Crippen molar-refractivity contribution in [2.75, 3.05) is 5.75 Å². The molecule has 1 aliphatic heterocycles. The lowest BCUT2D eigenvalue weighted by Crippen LogP contribution is -2.46. The van der Waals surface area contributed by atoms with Gasteiger partial charge in [0.1, 0.15) is 10.9 Å². The lowest BCUT2D eigenvalue weighted by atomic mass is 10.1. The fourth-order valence-corrected chi connectivity index (χ4v) is 3.97. The molecule has 1 N–H and O–H groups in total.